The van der Waals surface area contributed by atoms with Crippen LogP contribution in [0.3, 0.4) is 0 Å². The fourth-order valence-corrected chi connectivity index (χ4v) is 4.48. The lowest BCUT2D eigenvalue weighted by atomic mass is 9.99. The Labute approximate surface area is 152 Å². The number of nitrogens with zero attached hydrogens (tertiary/aromatic N) is 2. The zero-order valence-corrected chi connectivity index (χ0v) is 14.5. The van der Waals surface area contributed by atoms with Crippen LogP contribution in [0.4, 0.5) is 0 Å². The average molecular weight is 347 g/mol. The Hall–Kier alpha value is -2.82. The first-order valence-corrected chi connectivity index (χ1v) is 9.21. The minimum atomic E-state index is 0.0933. The Balaban J connectivity index is 1.31. The summed E-state index contributed by atoms with van der Waals surface area (Å²) in [4.78, 5) is 22.3. The van der Waals surface area contributed by atoms with Gasteiger partial charge in [0.05, 0.1) is 6.20 Å². The van der Waals surface area contributed by atoms with Crippen LogP contribution >= 0.6 is 0 Å². The Bertz CT molecular complexity index is 904. The number of rotatable bonds is 3. The molecule has 1 N–H and O–H groups in total. The molecule has 2 aromatic heterocycles. The molecule has 0 bridgehead atoms. The smallest absolute Gasteiger partial charge is 0.270 e. The maximum absolute atomic E-state index is 13.0. The van der Waals surface area contributed by atoms with Gasteiger partial charge >= 0.3 is 0 Å². The summed E-state index contributed by atoms with van der Waals surface area (Å²) in [5.41, 5.74) is 1.68. The number of nitrogens with one attached hydrogen (secondary N) is 1. The summed E-state index contributed by atoms with van der Waals surface area (Å²) < 4.78 is 6.16. The fourth-order valence-electron chi connectivity index (χ4n) is 4.48. The molecule has 1 saturated heterocycles. The number of amides is 1. The van der Waals surface area contributed by atoms with Gasteiger partial charge in [-0.25, -0.2) is 0 Å². The van der Waals surface area contributed by atoms with Crippen LogP contribution in [0.5, 0.6) is 5.75 Å². The van der Waals surface area contributed by atoms with Crippen LogP contribution in [0, 0.1) is 11.8 Å². The van der Waals surface area contributed by atoms with E-state index in [-0.39, 0.29) is 12.0 Å². The molecule has 1 amide bonds. The standard InChI is InChI=1S/C21H21N3O2/c25-21(19-10-14-4-1-2-6-18(14)23-19)24-12-15-7-8-20(17(15)13-24)26-16-5-3-9-22-11-16/h1-6,9-11,15,17,20,23H,7-8,12-13H2/t15-,17+,20+/m1/s1. The van der Waals surface area contributed by atoms with Crippen molar-refractivity contribution in [3.8, 4) is 5.75 Å². The van der Waals surface area contributed by atoms with E-state index in [1.807, 2.05) is 47.4 Å². The first kappa shape index (κ1) is 15.4. The number of ether oxygens (including phenoxy) is 1. The minimum absolute atomic E-state index is 0.0933. The molecule has 1 aromatic carbocycles. The maximum Gasteiger partial charge on any atom is 0.270 e. The number of carbonyl (C=O) groups is 1. The molecule has 1 aliphatic heterocycles. The van der Waals surface area contributed by atoms with Crippen molar-refractivity contribution in [3.05, 3.63) is 60.6 Å². The first-order chi connectivity index (χ1) is 12.8. The molecule has 0 radical (unpaired) electrons. The Morgan fingerprint density at radius 3 is 2.92 bits per heavy atom. The van der Waals surface area contributed by atoms with Crippen LogP contribution in [-0.4, -0.2) is 40.0 Å². The van der Waals surface area contributed by atoms with E-state index < -0.39 is 0 Å². The van der Waals surface area contributed by atoms with Crippen molar-refractivity contribution in [3.63, 3.8) is 0 Å². The quantitative estimate of drug-likeness (QED) is 0.789. The van der Waals surface area contributed by atoms with Crippen molar-refractivity contribution < 1.29 is 9.53 Å². The first-order valence-electron chi connectivity index (χ1n) is 9.21. The summed E-state index contributed by atoms with van der Waals surface area (Å²) in [5.74, 6) is 1.85. The number of carbonyl (C=O) groups excluding carboxylic acids is 1. The molecule has 3 heterocycles. The van der Waals surface area contributed by atoms with E-state index in [4.69, 9.17) is 4.74 Å². The number of benzene rings is 1. The van der Waals surface area contributed by atoms with Crippen molar-refractivity contribution >= 4 is 16.8 Å². The largest absolute Gasteiger partial charge is 0.488 e. The van der Waals surface area contributed by atoms with Crippen molar-refractivity contribution in [2.45, 2.75) is 18.9 Å². The number of hydrogen-bond donors (Lipinski definition) is 1. The lowest BCUT2D eigenvalue weighted by Crippen LogP contribution is -2.32. The molecule has 5 nitrogen and oxygen atoms in total. The Morgan fingerprint density at radius 2 is 2.08 bits per heavy atom. The highest BCUT2D eigenvalue weighted by Gasteiger charge is 2.45. The molecule has 132 valence electrons. The van der Waals surface area contributed by atoms with Gasteiger partial charge in [0.25, 0.3) is 5.91 Å². The molecule has 3 atom stereocenters. The number of aromatic amines is 1. The average Bonchev–Trinajstić information content (AvgIpc) is 3.37. The highest BCUT2D eigenvalue weighted by molar-refractivity contribution is 5.98. The maximum atomic E-state index is 13.0. The van der Waals surface area contributed by atoms with Gasteiger partial charge in [-0.15, -0.1) is 0 Å². The normalized spacial score (nSPS) is 24.8. The van der Waals surface area contributed by atoms with Gasteiger partial charge in [-0.3, -0.25) is 9.78 Å². The number of fused-ring (bicyclic) bond motifs is 2. The van der Waals surface area contributed by atoms with E-state index in [1.54, 1.807) is 12.4 Å². The predicted molar refractivity (Wildman–Crippen MR) is 99.1 cm³/mol. The molecular weight excluding hydrogens is 326 g/mol. The van der Waals surface area contributed by atoms with Crippen LogP contribution in [0.15, 0.2) is 54.9 Å². The molecule has 0 unspecified atom stereocenters. The van der Waals surface area contributed by atoms with E-state index in [1.165, 1.54) is 0 Å². The second-order valence-corrected chi connectivity index (χ2v) is 7.33. The van der Waals surface area contributed by atoms with E-state index in [2.05, 4.69) is 9.97 Å². The van der Waals surface area contributed by atoms with Gasteiger partial charge in [-0.2, -0.15) is 0 Å². The van der Waals surface area contributed by atoms with Crippen molar-refractivity contribution in [2.24, 2.45) is 11.8 Å². The molecule has 2 fully saturated rings. The fraction of sp³-hybridized carbons (Fsp3) is 0.333. The van der Waals surface area contributed by atoms with Crippen molar-refractivity contribution in [1.29, 1.82) is 0 Å². The second kappa shape index (κ2) is 6.16. The van der Waals surface area contributed by atoms with E-state index >= 15 is 0 Å². The van der Waals surface area contributed by atoms with Gasteiger partial charge in [-0.05, 0) is 43.0 Å². The van der Waals surface area contributed by atoms with Crippen LogP contribution in [0.25, 0.3) is 10.9 Å². The van der Waals surface area contributed by atoms with Gasteiger partial charge in [-0.1, -0.05) is 18.2 Å². The zero-order valence-electron chi connectivity index (χ0n) is 14.5. The summed E-state index contributed by atoms with van der Waals surface area (Å²) in [5, 5.41) is 1.08. The summed E-state index contributed by atoms with van der Waals surface area (Å²) in [6, 6.07) is 13.8. The summed E-state index contributed by atoms with van der Waals surface area (Å²) in [7, 11) is 0. The topological polar surface area (TPSA) is 58.2 Å². The number of aromatic nitrogens is 2. The second-order valence-electron chi connectivity index (χ2n) is 7.33. The minimum Gasteiger partial charge on any atom is -0.488 e. The molecule has 1 aliphatic carbocycles. The third kappa shape index (κ3) is 2.64. The van der Waals surface area contributed by atoms with Crippen LogP contribution in [0.1, 0.15) is 23.3 Å². The van der Waals surface area contributed by atoms with Crippen LogP contribution in [-0.2, 0) is 0 Å². The van der Waals surface area contributed by atoms with Crippen LogP contribution < -0.4 is 4.74 Å². The summed E-state index contributed by atoms with van der Waals surface area (Å²) >= 11 is 0. The lowest BCUT2D eigenvalue weighted by Gasteiger charge is -2.21. The van der Waals surface area contributed by atoms with Crippen molar-refractivity contribution in [1.82, 2.24) is 14.9 Å². The number of H-pyrrole nitrogens is 1. The third-order valence-electron chi connectivity index (χ3n) is 5.76. The SMILES string of the molecule is O=C(c1cc2ccccc2[nH]1)N1C[C@H]2CC[C@H](Oc3cccnc3)[C@H]2C1. The van der Waals surface area contributed by atoms with Gasteiger partial charge in [0.2, 0.25) is 0 Å². The molecule has 5 rings (SSSR count). The van der Waals surface area contributed by atoms with Crippen molar-refractivity contribution in [2.75, 3.05) is 13.1 Å². The summed E-state index contributed by atoms with van der Waals surface area (Å²) in [6.45, 7) is 1.59. The molecule has 3 aromatic rings. The highest BCUT2D eigenvalue weighted by Crippen LogP contribution is 2.40. The van der Waals surface area contributed by atoms with Crippen LogP contribution in [0.2, 0.25) is 0 Å². The Kier molecular flexibility index (Phi) is 3.66. The molecule has 2 aliphatic rings. The van der Waals surface area contributed by atoms with E-state index in [9.17, 15) is 4.79 Å². The molecular formula is C21H21N3O2. The van der Waals surface area contributed by atoms with Gasteiger partial charge in [0.15, 0.2) is 0 Å². The number of likely N-dealkylation sites (tertiary alicyclic amines) is 1. The third-order valence-corrected chi connectivity index (χ3v) is 5.76. The predicted octanol–water partition coefficient (Wildman–Crippen LogP) is 3.49. The molecule has 0 spiro atoms. The highest BCUT2D eigenvalue weighted by atomic mass is 16.5. The number of hydrogen-bond acceptors (Lipinski definition) is 3. The van der Waals surface area contributed by atoms with Gasteiger partial charge in [0.1, 0.15) is 17.5 Å². The Morgan fingerprint density at radius 1 is 1.15 bits per heavy atom. The molecule has 5 heteroatoms. The van der Waals surface area contributed by atoms with Gasteiger partial charge < -0.3 is 14.6 Å². The van der Waals surface area contributed by atoms with E-state index in [0.29, 0.717) is 17.5 Å². The van der Waals surface area contributed by atoms with E-state index in [0.717, 1.165) is 42.6 Å². The summed E-state index contributed by atoms with van der Waals surface area (Å²) in [6.07, 6.45) is 5.85. The lowest BCUT2D eigenvalue weighted by molar-refractivity contribution is 0.0757. The zero-order chi connectivity index (χ0) is 17.5. The number of pyridine rings is 1. The molecule has 26 heavy (non-hydrogen) atoms. The molecule has 1 saturated carbocycles. The van der Waals surface area contributed by atoms with Gasteiger partial charge in [0, 0.05) is 36.1 Å². The number of para-hydroxylation sites is 1. The monoisotopic (exact) mass is 347 g/mol.